The van der Waals surface area contributed by atoms with Crippen LogP contribution < -0.4 is 0 Å². The van der Waals surface area contributed by atoms with Gasteiger partial charge in [0, 0.05) is 25.2 Å². The quantitative estimate of drug-likeness (QED) is 0.693. The van der Waals surface area contributed by atoms with Crippen molar-refractivity contribution in [2.24, 2.45) is 0 Å². The highest BCUT2D eigenvalue weighted by molar-refractivity contribution is 5.22. The van der Waals surface area contributed by atoms with E-state index in [2.05, 4.69) is 80.3 Å². The molecule has 0 amide bonds. The van der Waals surface area contributed by atoms with E-state index in [1.54, 1.807) is 0 Å². The highest BCUT2D eigenvalue weighted by atomic mass is 16.5. The molecule has 1 saturated carbocycles. The molecule has 5 fully saturated rings. The van der Waals surface area contributed by atoms with Gasteiger partial charge < -0.3 is 9.47 Å². The first kappa shape index (κ1) is 21.5. The number of hydrogen-bond acceptors (Lipinski definition) is 6. The smallest absolute Gasteiger partial charge is 0.125 e. The van der Waals surface area contributed by atoms with E-state index in [0.717, 1.165) is 39.6 Å². The highest BCUT2D eigenvalue weighted by Gasteiger charge is 2.49. The predicted molar refractivity (Wildman–Crippen MR) is 131 cm³/mol. The van der Waals surface area contributed by atoms with Crippen molar-refractivity contribution in [3.05, 3.63) is 71.8 Å². The fourth-order valence-corrected chi connectivity index (χ4v) is 7.17. The Labute approximate surface area is 203 Å². The molecule has 4 heterocycles. The first-order chi connectivity index (χ1) is 16.8. The van der Waals surface area contributed by atoms with Crippen molar-refractivity contribution in [1.29, 1.82) is 0 Å². The van der Waals surface area contributed by atoms with Crippen molar-refractivity contribution in [3.8, 4) is 0 Å². The van der Waals surface area contributed by atoms with Crippen molar-refractivity contribution >= 4 is 0 Å². The van der Waals surface area contributed by atoms with Crippen molar-refractivity contribution in [3.63, 3.8) is 0 Å². The van der Waals surface area contributed by atoms with Crippen LogP contribution in [0.5, 0.6) is 0 Å². The number of nitrogens with zero attached hydrogens (tertiary/aromatic N) is 4. The minimum atomic E-state index is 0.236. The molecule has 4 aliphatic heterocycles. The summed E-state index contributed by atoms with van der Waals surface area (Å²) in [6, 6.07) is 23.8. The Hall–Kier alpha value is -1.80. The van der Waals surface area contributed by atoms with E-state index < -0.39 is 0 Å². The van der Waals surface area contributed by atoms with Gasteiger partial charge in [-0.05, 0) is 24.0 Å². The summed E-state index contributed by atoms with van der Waals surface area (Å²) in [4.78, 5) is 10.7. The van der Waals surface area contributed by atoms with Gasteiger partial charge in [0.15, 0.2) is 0 Å². The average Bonchev–Trinajstić information content (AvgIpc) is 3.65. The van der Waals surface area contributed by atoms with Crippen molar-refractivity contribution < 1.29 is 9.47 Å². The minimum Gasteiger partial charge on any atom is -0.360 e. The molecule has 2 aromatic rings. The molecule has 0 bridgehead atoms. The maximum absolute atomic E-state index is 6.29. The van der Waals surface area contributed by atoms with Crippen LogP contribution in [0.25, 0.3) is 0 Å². The summed E-state index contributed by atoms with van der Waals surface area (Å²) in [7, 11) is 0. The van der Waals surface area contributed by atoms with Gasteiger partial charge in [-0.25, -0.2) is 0 Å². The van der Waals surface area contributed by atoms with Gasteiger partial charge in [0.25, 0.3) is 0 Å². The minimum absolute atomic E-state index is 0.236. The predicted octanol–water partition coefficient (Wildman–Crippen LogP) is 3.64. The van der Waals surface area contributed by atoms with E-state index >= 15 is 0 Å². The second kappa shape index (κ2) is 9.01. The van der Waals surface area contributed by atoms with Gasteiger partial charge in [0.05, 0.1) is 38.6 Å². The Balaban J connectivity index is 1.06. The molecular weight excluding hydrogens is 424 g/mol. The Morgan fingerprint density at radius 2 is 1.03 bits per heavy atom. The Morgan fingerprint density at radius 1 is 0.588 bits per heavy atom. The summed E-state index contributed by atoms with van der Waals surface area (Å²) in [5.74, 6) is 0. The molecule has 0 radical (unpaired) electrons. The Bertz CT molecular complexity index is 895. The van der Waals surface area contributed by atoms with Crippen molar-refractivity contribution in [2.75, 3.05) is 39.6 Å². The van der Waals surface area contributed by atoms with Crippen LogP contribution in [0.3, 0.4) is 0 Å². The maximum Gasteiger partial charge on any atom is 0.125 e. The molecule has 4 unspecified atom stereocenters. The first-order valence-electron chi connectivity index (χ1n) is 13.2. The number of benzene rings is 2. The summed E-state index contributed by atoms with van der Waals surface area (Å²) >= 11 is 0. The number of fused-ring (bicyclic) bond motifs is 2. The molecule has 0 aromatic heterocycles. The van der Waals surface area contributed by atoms with Crippen LogP contribution in [0.4, 0.5) is 0 Å². The normalized spacial score (nSPS) is 37.3. The van der Waals surface area contributed by atoms with E-state index in [4.69, 9.17) is 9.47 Å². The van der Waals surface area contributed by atoms with Gasteiger partial charge >= 0.3 is 0 Å². The molecule has 34 heavy (non-hydrogen) atoms. The molecular formula is C28H36N4O2. The zero-order valence-corrected chi connectivity index (χ0v) is 19.9. The zero-order chi connectivity index (χ0) is 22.5. The third kappa shape index (κ3) is 3.72. The summed E-state index contributed by atoms with van der Waals surface area (Å²) in [6.07, 6.45) is 5.75. The van der Waals surface area contributed by atoms with Crippen LogP contribution in [0.1, 0.15) is 48.9 Å². The maximum atomic E-state index is 6.29. The lowest BCUT2D eigenvalue weighted by atomic mass is 9.88. The van der Waals surface area contributed by atoms with Gasteiger partial charge in [-0.3, -0.25) is 19.6 Å². The summed E-state index contributed by atoms with van der Waals surface area (Å²) in [5, 5.41) is 0. The second-order valence-corrected chi connectivity index (χ2v) is 10.7. The molecule has 180 valence electrons. The van der Waals surface area contributed by atoms with Crippen LogP contribution in [0.15, 0.2) is 60.7 Å². The summed E-state index contributed by atoms with van der Waals surface area (Å²) < 4.78 is 12.6. The third-order valence-electron chi connectivity index (χ3n) is 8.91. The van der Waals surface area contributed by atoms with Gasteiger partial charge in [0.2, 0.25) is 0 Å². The molecule has 6 atom stereocenters. The van der Waals surface area contributed by atoms with Gasteiger partial charge in [-0.1, -0.05) is 73.5 Å². The lowest BCUT2D eigenvalue weighted by Gasteiger charge is -2.43. The van der Waals surface area contributed by atoms with Crippen LogP contribution >= 0.6 is 0 Å². The molecule has 0 spiro atoms. The Kier molecular flexibility index (Phi) is 5.69. The number of rotatable bonds is 4. The zero-order valence-electron chi connectivity index (χ0n) is 19.9. The molecule has 5 aliphatic rings. The molecule has 1 aliphatic carbocycles. The lowest BCUT2D eigenvalue weighted by Crippen LogP contribution is -2.53. The van der Waals surface area contributed by atoms with Crippen LogP contribution in [0.2, 0.25) is 0 Å². The van der Waals surface area contributed by atoms with Gasteiger partial charge in [0.1, 0.15) is 12.5 Å². The molecule has 7 rings (SSSR count). The van der Waals surface area contributed by atoms with Crippen molar-refractivity contribution in [2.45, 2.75) is 62.3 Å². The third-order valence-corrected chi connectivity index (χ3v) is 8.91. The van der Waals surface area contributed by atoms with Crippen LogP contribution in [-0.2, 0) is 9.47 Å². The van der Waals surface area contributed by atoms with Crippen LogP contribution in [0, 0.1) is 0 Å². The van der Waals surface area contributed by atoms with Crippen molar-refractivity contribution in [1.82, 2.24) is 19.6 Å². The van der Waals surface area contributed by atoms with Gasteiger partial charge in [-0.2, -0.15) is 0 Å². The fourth-order valence-electron chi connectivity index (χ4n) is 7.17. The van der Waals surface area contributed by atoms with E-state index in [0.29, 0.717) is 24.2 Å². The average molecular weight is 461 g/mol. The monoisotopic (exact) mass is 460 g/mol. The first-order valence-corrected chi connectivity index (χ1v) is 13.2. The Morgan fingerprint density at radius 3 is 1.47 bits per heavy atom. The van der Waals surface area contributed by atoms with E-state index in [9.17, 15) is 0 Å². The SMILES string of the molecule is c1ccc([C@H]2COC3CN(C4CCCCC4N4CC5OC[C@H](c6ccccc6)N5C4)CN32)cc1. The van der Waals surface area contributed by atoms with E-state index in [1.165, 1.54) is 36.8 Å². The standard InChI is InChI=1S/C28H36N4O2/c1-3-9-21(10-4-1)25-17-33-27-15-29(19-31(25)27)23-13-7-8-14-24(23)30-16-28-32(20-30)26(18-34-28)22-11-5-2-6-12-22/h1-6,9-12,23-28H,7-8,13-20H2/t23?,24?,25-,26-,27?,28?/m1/s1. The molecule has 0 N–H and O–H groups in total. The molecule has 6 nitrogen and oxygen atoms in total. The lowest BCUT2D eigenvalue weighted by molar-refractivity contribution is 0.0335. The van der Waals surface area contributed by atoms with E-state index in [-0.39, 0.29) is 12.5 Å². The molecule has 6 heteroatoms. The molecule has 4 saturated heterocycles. The summed E-state index contributed by atoms with van der Waals surface area (Å²) in [5.41, 5.74) is 2.77. The fraction of sp³-hybridized carbons (Fsp3) is 0.571. The van der Waals surface area contributed by atoms with Crippen LogP contribution in [-0.4, -0.2) is 83.8 Å². The largest absolute Gasteiger partial charge is 0.360 e. The number of hydrogen-bond donors (Lipinski definition) is 0. The second-order valence-electron chi connectivity index (χ2n) is 10.7. The molecule has 2 aromatic carbocycles. The number of ether oxygens (including phenoxy) is 2. The van der Waals surface area contributed by atoms with Gasteiger partial charge in [-0.15, -0.1) is 0 Å². The topological polar surface area (TPSA) is 31.4 Å². The summed E-state index contributed by atoms with van der Waals surface area (Å²) in [6.45, 7) is 5.75. The highest BCUT2D eigenvalue weighted by Crippen LogP contribution is 2.40. The van der Waals surface area contributed by atoms with E-state index in [1.807, 2.05) is 0 Å².